The molecule has 0 radical (unpaired) electrons. The van der Waals surface area contributed by atoms with Gasteiger partial charge in [0.05, 0.1) is 22.3 Å². The Morgan fingerprint density at radius 2 is 2.19 bits per heavy atom. The minimum Gasteiger partial charge on any atom is -0.480 e. The summed E-state index contributed by atoms with van der Waals surface area (Å²) in [6.45, 7) is 2.67. The van der Waals surface area contributed by atoms with Crippen molar-refractivity contribution in [2.45, 2.75) is 34.9 Å². The van der Waals surface area contributed by atoms with Gasteiger partial charge < -0.3 is 15.7 Å². The first-order valence-corrected chi connectivity index (χ1v) is 9.63. The number of thiol groups is 2. The van der Waals surface area contributed by atoms with Gasteiger partial charge >= 0.3 is 5.97 Å². The molecule has 0 spiro atoms. The SMILES string of the molecule is CC1(S)N=C2C1c1c(cc(F)c(N3CCC(N)C3)c1Cl)C(=O)C2(S)C(=O)O. The van der Waals surface area contributed by atoms with Gasteiger partial charge in [0.2, 0.25) is 4.75 Å². The smallest absolute Gasteiger partial charge is 0.333 e. The molecule has 0 aromatic heterocycles. The van der Waals surface area contributed by atoms with E-state index in [0.29, 0.717) is 25.1 Å². The van der Waals surface area contributed by atoms with Gasteiger partial charge in [-0.3, -0.25) is 9.79 Å². The number of aliphatic imine (C=N–C) groups is 1. The Kier molecular flexibility index (Phi) is 4.13. The van der Waals surface area contributed by atoms with Gasteiger partial charge in [-0.15, -0.1) is 25.3 Å². The van der Waals surface area contributed by atoms with Gasteiger partial charge in [0.25, 0.3) is 0 Å². The van der Waals surface area contributed by atoms with Gasteiger partial charge in [-0.25, -0.2) is 9.18 Å². The van der Waals surface area contributed by atoms with Crippen molar-refractivity contribution in [3.05, 3.63) is 28.0 Å². The number of hydrogen-bond donors (Lipinski definition) is 4. The van der Waals surface area contributed by atoms with Crippen LogP contribution in [0, 0.1) is 5.82 Å². The molecule has 3 aliphatic rings. The summed E-state index contributed by atoms with van der Waals surface area (Å²) in [6, 6.07) is 0.960. The van der Waals surface area contributed by atoms with E-state index in [1.165, 1.54) is 0 Å². The van der Waals surface area contributed by atoms with Crippen LogP contribution in [-0.4, -0.2) is 51.3 Å². The Hall–Kier alpha value is -1.29. The number of Topliss-reactive ketones (excluding diaryl/α,β-unsaturated/α-hetero) is 1. The van der Waals surface area contributed by atoms with Gasteiger partial charge in [-0.05, 0) is 25.0 Å². The molecule has 1 fully saturated rings. The number of anilines is 1. The zero-order valence-corrected chi connectivity index (χ0v) is 16.8. The number of carboxylic acids is 1. The molecule has 0 bridgehead atoms. The maximum atomic E-state index is 14.9. The van der Waals surface area contributed by atoms with Crippen molar-refractivity contribution in [2.75, 3.05) is 18.0 Å². The van der Waals surface area contributed by atoms with Crippen LogP contribution in [0.5, 0.6) is 0 Å². The first kappa shape index (κ1) is 19.0. The lowest BCUT2D eigenvalue weighted by molar-refractivity contribution is -0.136. The highest BCUT2D eigenvalue weighted by Gasteiger charge is 2.63. The topological polar surface area (TPSA) is 96.0 Å². The summed E-state index contributed by atoms with van der Waals surface area (Å²) in [5.41, 5.74) is 6.44. The van der Waals surface area contributed by atoms with Crippen molar-refractivity contribution in [1.29, 1.82) is 0 Å². The number of hydrogen-bond acceptors (Lipinski definition) is 7. The average Bonchev–Trinajstić information content (AvgIpc) is 2.98. The van der Waals surface area contributed by atoms with Gasteiger partial charge in [0.15, 0.2) is 5.78 Å². The van der Waals surface area contributed by atoms with E-state index in [2.05, 4.69) is 30.2 Å². The van der Waals surface area contributed by atoms with Crippen LogP contribution in [0.15, 0.2) is 11.1 Å². The Balaban J connectivity index is 1.97. The summed E-state index contributed by atoms with van der Waals surface area (Å²) in [7, 11) is 0. The maximum Gasteiger partial charge on any atom is 0.333 e. The average molecular weight is 430 g/mol. The van der Waals surface area contributed by atoms with Gasteiger partial charge in [-0.1, -0.05) is 11.6 Å². The van der Waals surface area contributed by atoms with E-state index in [1.807, 2.05) is 0 Å². The third kappa shape index (κ3) is 2.41. The molecule has 4 rings (SSSR count). The second-order valence-electron chi connectivity index (χ2n) is 7.35. The molecule has 2 heterocycles. The second-order valence-corrected chi connectivity index (χ2v) is 9.30. The lowest BCUT2D eigenvalue weighted by Gasteiger charge is -2.49. The van der Waals surface area contributed by atoms with Crippen LogP contribution in [0.3, 0.4) is 0 Å². The summed E-state index contributed by atoms with van der Waals surface area (Å²) in [5.74, 6) is -3.66. The van der Waals surface area contributed by atoms with Crippen LogP contribution in [0.4, 0.5) is 10.1 Å². The number of rotatable bonds is 2. The maximum absolute atomic E-state index is 14.9. The summed E-state index contributed by atoms with van der Waals surface area (Å²) in [4.78, 5) is 29.8. The highest BCUT2D eigenvalue weighted by atomic mass is 35.5. The summed E-state index contributed by atoms with van der Waals surface area (Å²) < 4.78 is 12.8. The van der Waals surface area contributed by atoms with E-state index in [0.717, 1.165) is 6.07 Å². The summed E-state index contributed by atoms with van der Waals surface area (Å²) in [6.07, 6.45) is 0.699. The van der Waals surface area contributed by atoms with Crippen molar-refractivity contribution in [1.82, 2.24) is 0 Å². The predicted octanol–water partition coefficient (Wildman–Crippen LogP) is 2.15. The van der Waals surface area contributed by atoms with Crippen molar-refractivity contribution < 1.29 is 19.1 Å². The Bertz CT molecular complexity index is 938. The van der Waals surface area contributed by atoms with E-state index in [9.17, 15) is 19.1 Å². The van der Waals surface area contributed by atoms with Crippen LogP contribution in [0.25, 0.3) is 0 Å². The fourth-order valence-corrected chi connectivity index (χ4v) is 5.24. The van der Waals surface area contributed by atoms with Crippen LogP contribution < -0.4 is 10.6 Å². The van der Waals surface area contributed by atoms with E-state index in [-0.39, 0.29) is 28.0 Å². The third-order valence-electron chi connectivity index (χ3n) is 5.48. The number of halogens is 2. The molecule has 2 aliphatic heterocycles. The normalized spacial score (nSPS) is 34.7. The van der Waals surface area contributed by atoms with Gasteiger partial charge in [0, 0.05) is 24.7 Å². The molecule has 6 nitrogen and oxygen atoms in total. The molecular formula is C17H17ClFN3O3S2. The first-order valence-electron chi connectivity index (χ1n) is 8.35. The van der Waals surface area contributed by atoms with E-state index in [1.54, 1.807) is 11.8 Å². The van der Waals surface area contributed by atoms with Gasteiger partial charge in [-0.2, -0.15) is 0 Å². The number of carbonyl (C=O) groups excluding carboxylic acids is 1. The molecular weight excluding hydrogens is 413 g/mol. The van der Waals surface area contributed by atoms with E-state index >= 15 is 0 Å². The molecule has 0 saturated carbocycles. The highest BCUT2D eigenvalue weighted by Crippen LogP contribution is 2.56. The quantitative estimate of drug-likeness (QED) is 0.427. The van der Waals surface area contributed by atoms with Crippen molar-refractivity contribution in [3.8, 4) is 0 Å². The molecule has 3 N–H and O–H groups in total. The molecule has 0 amide bonds. The number of nitrogens with two attached hydrogens (primary N) is 1. The summed E-state index contributed by atoms with van der Waals surface area (Å²) >= 11 is 15.2. The Morgan fingerprint density at radius 1 is 1.52 bits per heavy atom. The molecule has 1 aromatic rings. The zero-order chi connectivity index (χ0) is 19.9. The molecule has 10 heteroatoms. The second kappa shape index (κ2) is 5.85. The first-order chi connectivity index (χ1) is 12.5. The predicted molar refractivity (Wildman–Crippen MR) is 107 cm³/mol. The van der Waals surface area contributed by atoms with Crippen LogP contribution in [0.2, 0.25) is 5.02 Å². The largest absolute Gasteiger partial charge is 0.480 e. The number of carboxylic acid groups (broad SMARTS) is 1. The van der Waals surface area contributed by atoms with E-state index < -0.39 is 33.1 Å². The van der Waals surface area contributed by atoms with Crippen LogP contribution in [0.1, 0.15) is 35.2 Å². The summed E-state index contributed by atoms with van der Waals surface area (Å²) in [5, 5.41) is 9.70. The minimum atomic E-state index is -2.16. The number of benzene rings is 1. The minimum absolute atomic E-state index is 0.0749. The fourth-order valence-electron chi connectivity index (χ4n) is 4.16. The number of ketones is 1. The molecule has 1 aromatic carbocycles. The number of nitrogens with zero attached hydrogens (tertiary/aromatic N) is 2. The molecule has 1 aliphatic carbocycles. The molecule has 144 valence electrons. The van der Waals surface area contributed by atoms with Crippen LogP contribution in [-0.2, 0) is 4.79 Å². The number of fused-ring (bicyclic) bond motifs is 3. The lowest BCUT2D eigenvalue weighted by atomic mass is 9.67. The van der Waals surface area contributed by atoms with Crippen molar-refractivity contribution in [2.24, 2.45) is 10.7 Å². The Morgan fingerprint density at radius 3 is 2.70 bits per heavy atom. The highest BCUT2D eigenvalue weighted by molar-refractivity contribution is 7.85. The number of carbonyl (C=O) groups is 2. The van der Waals surface area contributed by atoms with Crippen molar-refractivity contribution in [3.63, 3.8) is 0 Å². The zero-order valence-electron chi connectivity index (χ0n) is 14.2. The van der Waals surface area contributed by atoms with Crippen LogP contribution >= 0.6 is 36.9 Å². The molecule has 4 unspecified atom stereocenters. The standard InChI is InChI=1S/C17H17ClFN3O3S2/c1-16(26)10-9-7(14(23)17(27,15(24)25)13(10)21-16)4-8(19)12(11(9)18)22-3-2-6(20)5-22/h4,6,10,26-27H,2-3,5,20H2,1H3,(H,24,25). The molecule has 1 saturated heterocycles. The number of aliphatic carboxylic acids is 1. The lowest BCUT2D eigenvalue weighted by Crippen LogP contribution is -2.62. The van der Waals surface area contributed by atoms with E-state index in [4.69, 9.17) is 17.3 Å². The van der Waals surface area contributed by atoms with Gasteiger partial charge in [0.1, 0.15) is 10.7 Å². The van der Waals surface area contributed by atoms with Crippen molar-refractivity contribution >= 4 is 60.0 Å². The Labute approximate surface area is 170 Å². The third-order valence-corrected chi connectivity index (χ3v) is 6.85. The molecule has 27 heavy (non-hydrogen) atoms. The fraction of sp³-hybridized carbons (Fsp3) is 0.471. The monoisotopic (exact) mass is 429 g/mol. The molecule has 4 atom stereocenters.